The van der Waals surface area contributed by atoms with Crippen LogP contribution in [0.15, 0.2) is 6.33 Å². The van der Waals surface area contributed by atoms with Gasteiger partial charge in [-0.1, -0.05) is 0 Å². The van der Waals surface area contributed by atoms with Crippen LogP contribution in [0, 0.1) is 6.20 Å². The molecular formula is C8H8N5O. The number of carbonyl (C=O) groups excluding carboxylic acids is 1. The molecule has 1 amide bonds. The predicted octanol–water partition coefficient (Wildman–Crippen LogP) is -0.255. The van der Waals surface area contributed by atoms with Crippen molar-refractivity contribution < 1.29 is 4.79 Å². The Morgan fingerprint density at radius 2 is 2.50 bits per heavy atom. The first-order valence-electron chi connectivity index (χ1n) is 4.12. The Morgan fingerprint density at radius 1 is 1.71 bits per heavy atom. The molecule has 0 spiro atoms. The minimum atomic E-state index is -0.571. The Bertz CT molecular complexity index is 489. The van der Waals surface area contributed by atoms with Crippen molar-refractivity contribution in [3.05, 3.63) is 18.3 Å². The first-order valence-corrected chi connectivity index (χ1v) is 4.12. The minimum Gasteiger partial charge on any atom is -0.363 e. The highest BCUT2D eigenvalue weighted by Crippen LogP contribution is 2.10. The van der Waals surface area contributed by atoms with Crippen molar-refractivity contribution in [3.8, 4) is 0 Å². The van der Waals surface area contributed by atoms with E-state index in [1.165, 1.54) is 6.33 Å². The number of fused-ring (bicyclic) bond motifs is 1. The summed E-state index contributed by atoms with van der Waals surface area (Å²) in [4.78, 5) is 22.7. The molecule has 6 nitrogen and oxygen atoms in total. The second-order valence-corrected chi connectivity index (χ2v) is 2.70. The quantitative estimate of drug-likeness (QED) is 0.707. The van der Waals surface area contributed by atoms with Gasteiger partial charge in [0.05, 0.1) is 0 Å². The van der Waals surface area contributed by atoms with E-state index in [1.807, 2.05) is 6.92 Å². The molecule has 71 valence electrons. The van der Waals surface area contributed by atoms with Crippen LogP contribution in [0.2, 0.25) is 0 Å². The van der Waals surface area contributed by atoms with E-state index in [0.717, 1.165) is 0 Å². The maximum atomic E-state index is 11.0. The van der Waals surface area contributed by atoms with E-state index in [2.05, 4.69) is 21.1 Å². The van der Waals surface area contributed by atoms with Gasteiger partial charge < -0.3 is 10.3 Å². The van der Waals surface area contributed by atoms with E-state index in [9.17, 15) is 4.79 Å². The number of imidazole rings is 1. The van der Waals surface area contributed by atoms with Gasteiger partial charge in [-0.3, -0.25) is 4.79 Å². The smallest absolute Gasteiger partial charge is 0.284 e. The van der Waals surface area contributed by atoms with Gasteiger partial charge in [-0.05, 0) is 6.92 Å². The highest BCUT2D eigenvalue weighted by atomic mass is 16.1. The average Bonchev–Trinajstić information content (AvgIpc) is 2.56. The Balaban J connectivity index is 2.78. The Kier molecular flexibility index (Phi) is 1.88. The number of aromatic nitrogens is 4. The minimum absolute atomic E-state index is 0.194. The topological polar surface area (TPSA) is 86.7 Å². The van der Waals surface area contributed by atoms with E-state index in [4.69, 9.17) is 5.73 Å². The molecule has 0 saturated carbocycles. The third-order valence-electron chi connectivity index (χ3n) is 1.89. The van der Waals surface area contributed by atoms with E-state index >= 15 is 0 Å². The second kappa shape index (κ2) is 3.06. The van der Waals surface area contributed by atoms with Gasteiger partial charge in [-0.25, -0.2) is 15.0 Å². The largest absolute Gasteiger partial charge is 0.363 e. The molecule has 0 aromatic carbocycles. The molecule has 2 aromatic rings. The zero-order chi connectivity index (χ0) is 10.1. The summed E-state index contributed by atoms with van der Waals surface area (Å²) in [6.07, 6.45) is 4.01. The van der Waals surface area contributed by atoms with Crippen LogP contribution >= 0.6 is 0 Å². The number of nitrogens with zero attached hydrogens (tertiary/aromatic N) is 4. The van der Waals surface area contributed by atoms with E-state index in [0.29, 0.717) is 17.7 Å². The Morgan fingerprint density at radius 3 is 3.14 bits per heavy atom. The number of aryl methyl sites for hydroxylation is 1. The van der Waals surface area contributed by atoms with Crippen LogP contribution in [0.4, 0.5) is 0 Å². The fraction of sp³-hybridized carbons (Fsp3) is 0.250. The number of hydrogen-bond donors (Lipinski definition) is 1. The van der Waals surface area contributed by atoms with Gasteiger partial charge in [-0.15, -0.1) is 0 Å². The summed E-state index contributed by atoms with van der Waals surface area (Å²) < 4.78 is 1.63. The molecule has 2 heterocycles. The molecule has 1 radical (unpaired) electrons. The number of rotatable bonds is 2. The lowest BCUT2D eigenvalue weighted by molar-refractivity contribution is 0.0987. The number of carbonyl (C=O) groups is 1. The summed E-state index contributed by atoms with van der Waals surface area (Å²) in [5.41, 5.74) is 6.21. The maximum Gasteiger partial charge on any atom is 0.284 e. The van der Waals surface area contributed by atoms with E-state index in [-0.39, 0.29) is 5.82 Å². The second-order valence-electron chi connectivity index (χ2n) is 2.70. The maximum absolute atomic E-state index is 11.0. The van der Waals surface area contributed by atoms with Crippen LogP contribution in [0.3, 0.4) is 0 Å². The molecule has 14 heavy (non-hydrogen) atoms. The number of amides is 1. The van der Waals surface area contributed by atoms with Crippen molar-refractivity contribution in [1.82, 2.24) is 19.5 Å². The summed E-state index contributed by atoms with van der Waals surface area (Å²) in [6, 6.07) is 0. The Labute approximate surface area is 79.8 Å². The van der Waals surface area contributed by atoms with Gasteiger partial charge in [0.1, 0.15) is 18.0 Å². The molecule has 0 aliphatic heterocycles. The lowest BCUT2D eigenvalue weighted by atomic mass is 10.5. The molecule has 0 unspecified atom stereocenters. The highest BCUT2D eigenvalue weighted by Gasteiger charge is 2.14. The standard InChI is InChI=1S/C8H8N5O/c1-2-13-7-5(3-10-4-11-7)12-8(13)6(9)14/h4H,2H2,1H3,(H2,9,14). The molecule has 2 aromatic heterocycles. The molecule has 0 bridgehead atoms. The van der Waals surface area contributed by atoms with E-state index < -0.39 is 5.91 Å². The third-order valence-corrected chi connectivity index (χ3v) is 1.89. The normalized spacial score (nSPS) is 10.6. The van der Waals surface area contributed by atoms with Gasteiger partial charge in [0.15, 0.2) is 5.65 Å². The number of nitrogens with two attached hydrogens (primary N) is 1. The molecule has 0 aliphatic rings. The number of primary amides is 1. The van der Waals surface area contributed by atoms with Gasteiger partial charge in [0.2, 0.25) is 5.82 Å². The van der Waals surface area contributed by atoms with Crippen LogP contribution in [0.5, 0.6) is 0 Å². The third kappa shape index (κ3) is 1.12. The van der Waals surface area contributed by atoms with Crippen molar-refractivity contribution in [2.75, 3.05) is 0 Å². The van der Waals surface area contributed by atoms with Gasteiger partial charge in [0, 0.05) is 6.54 Å². The summed E-state index contributed by atoms with van der Waals surface area (Å²) >= 11 is 0. The fourth-order valence-corrected chi connectivity index (χ4v) is 1.31. The van der Waals surface area contributed by atoms with E-state index in [1.54, 1.807) is 4.57 Å². The zero-order valence-electron chi connectivity index (χ0n) is 7.56. The van der Waals surface area contributed by atoms with Crippen molar-refractivity contribution in [1.29, 1.82) is 0 Å². The molecule has 6 heteroatoms. The van der Waals surface area contributed by atoms with Crippen molar-refractivity contribution in [3.63, 3.8) is 0 Å². The lowest BCUT2D eigenvalue weighted by Crippen LogP contribution is -2.17. The van der Waals surface area contributed by atoms with Gasteiger partial charge in [0.25, 0.3) is 5.91 Å². The zero-order valence-corrected chi connectivity index (χ0v) is 7.56. The summed E-state index contributed by atoms with van der Waals surface area (Å²) in [7, 11) is 0. The molecule has 0 saturated heterocycles. The Hall–Kier alpha value is -1.98. The highest BCUT2D eigenvalue weighted by molar-refractivity contribution is 5.92. The summed E-state index contributed by atoms with van der Waals surface area (Å²) in [6.45, 7) is 2.47. The lowest BCUT2D eigenvalue weighted by Gasteiger charge is -2.00. The molecule has 2 rings (SSSR count). The number of hydrogen-bond acceptors (Lipinski definition) is 4. The van der Waals surface area contributed by atoms with Gasteiger partial charge in [-0.2, -0.15) is 0 Å². The SMILES string of the molecule is CCn1c(C(N)=O)nc2[c]ncnc21. The molecule has 2 N–H and O–H groups in total. The van der Waals surface area contributed by atoms with Crippen LogP contribution < -0.4 is 5.73 Å². The first kappa shape index (κ1) is 8.61. The van der Waals surface area contributed by atoms with Crippen molar-refractivity contribution in [2.45, 2.75) is 13.5 Å². The molecule has 0 fully saturated rings. The summed E-state index contributed by atoms with van der Waals surface area (Å²) in [5, 5.41) is 0. The molecule has 0 aliphatic carbocycles. The van der Waals surface area contributed by atoms with Crippen LogP contribution in [-0.2, 0) is 6.54 Å². The van der Waals surface area contributed by atoms with Crippen molar-refractivity contribution >= 4 is 17.1 Å². The predicted molar refractivity (Wildman–Crippen MR) is 48.4 cm³/mol. The fourth-order valence-electron chi connectivity index (χ4n) is 1.31. The molecular weight excluding hydrogens is 182 g/mol. The summed E-state index contributed by atoms with van der Waals surface area (Å²) in [5.74, 6) is -0.377. The van der Waals surface area contributed by atoms with Crippen LogP contribution in [0.1, 0.15) is 17.5 Å². The van der Waals surface area contributed by atoms with Crippen LogP contribution in [0.25, 0.3) is 11.2 Å². The van der Waals surface area contributed by atoms with Crippen LogP contribution in [-0.4, -0.2) is 25.4 Å². The first-order chi connectivity index (χ1) is 6.74. The van der Waals surface area contributed by atoms with Gasteiger partial charge >= 0.3 is 0 Å². The van der Waals surface area contributed by atoms with Crippen molar-refractivity contribution in [2.24, 2.45) is 5.73 Å². The average molecular weight is 190 g/mol. The molecule has 0 atom stereocenters. The monoisotopic (exact) mass is 190 g/mol.